The van der Waals surface area contributed by atoms with Crippen LogP contribution in [0.3, 0.4) is 0 Å². The summed E-state index contributed by atoms with van der Waals surface area (Å²) in [6, 6.07) is 16.8. The van der Waals surface area contributed by atoms with Crippen LogP contribution in [0.1, 0.15) is 72.2 Å². The van der Waals surface area contributed by atoms with Crippen LogP contribution in [0.4, 0.5) is 0 Å². The van der Waals surface area contributed by atoms with Crippen molar-refractivity contribution in [2.24, 2.45) is 0 Å². The first-order valence-corrected chi connectivity index (χ1v) is 14.1. The first kappa shape index (κ1) is 26.6. The highest BCUT2D eigenvalue weighted by Crippen LogP contribution is 2.38. The number of carboxylic acid groups (broad SMARTS) is 1. The minimum Gasteiger partial charge on any atom is -0.481 e. The van der Waals surface area contributed by atoms with Crippen molar-refractivity contribution < 1.29 is 9.90 Å². The Balaban J connectivity index is 1.26. The molecule has 1 fully saturated rings. The molecule has 0 saturated carbocycles. The average Bonchev–Trinajstić information content (AvgIpc) is 3.06. The molecule has 1 saturated heterocycles. The van der Waals surface area contributed by atoms with Gasteiger partial charge in [-0.05, 0) is 117 Å². The van der Waals surface area contributed by atoms with E-state index in [0.29, 0.717) is 0 Å². The number of aryl methyl sites for hydroxylation is 4. The zero-order chi connectivity index (χ0) is 26.9. The van der Waals surface area contributed by atoms with Crippen molar-refractivity contribution in [1.82, 2.24) is 9.88 Å². The molecule has 1 N–H and O–H groups in total. The Kier molecular flexibility index (Phi) is 7.74. The number of aliphatic carboxylic acids is 1. The number of benzene rings is 2. The maximum absolute atomic E-state index is 11.6. The van der Waals surface area contributed by atoms with Crippen molar-refractivity contribution in [1.29, 1.82) is 0 Å². The van der Waals surface area contributed by atoms with Crippen LogP contribution in [-0.4, -0.2) is 40.6 Å². The third-order valence-electron chi connectivity index (χ3n) is 8.46. The molecule has 1 aromatic heterocycles. The van der Waals surface area contributed by atoms with Crippen LogP contribution in [0.2, 0.25) is 5.02 Å². The molecule has 2 aliphatic rings. The van der Waals surface area contributed by atoms with Crippen LogP contribution in [-0.2, 0) is 29.5 Å². The summed E-state index contributed by atoms with van der Waals surface area (Å²) in [4.78, 5) is 19.1. The van der Waals surface area contributed by atoms with E-state index in [1.807, 2.05) is 24.4 Å². The highest BCUT2D eigenvalue weighted by molar-refractivity contribution is 6.30. The van der Waals surface area contributed by atoms with Gasteiger partial charge in [-0.2, -0.15) is 0 Å². The molecule has 38 heavy (non-hydrogen) atoms. The van der Waals surface area contributed by atoms with E-state index < -0.39 is 11.4 Å². The van der Waals surface area contributed by atoms with Crippen LogP contribution in [0.25, 0.3) is 5.57 Å². The molecule has 5 heteroatoms. The number of piperidine rings is 1. The fourth-order valence-electron chi connectivity index (χ4n) is 5.91. The molecule has 2 heterocycles. The number of carboxylic acids is 1. The zero-order valence-electron chi connectivity index (χ0n) is 22.7. The molecule has 0 amide bonds. The third kappa shape index (κ3) is 5.43. The number of hydrogen-bond donors (Lipinski definition) is 1. The summed E-state index contributed by atoms with van der Waals surface area (Å²) in [6.45, 7) is 8.83. The summed E-state index contributed by atoms with van der Waals surface area (Å²) in [6.07, 6.45) is 8.14. The van der Waals surface area contributed by atoms with Gasteiger partial charge in [-0.15, -0.1) is 0 Å². The van der Waals surface area contributed by atoms with Crippen molar-refractivity contribution in [2.45, 2.75) is 64.7 Å². The molecule has 2 aromatic carbocycles. The Morgan fingerprint density at radius 1 is 1.03 bits per heavy atom. The predicted octanol–water partition coefficient (Wildman–Crippen LogP) is 7.03. The number of rotatable bonds is 6. The van der Waals surface area contributed by atoms with E-state index in [-0.39, 0.29) is 0 Å². The maximum atomic E-state index is 11.6. The largest absolute Gasteiger partial charge is 0.481 e. The molecule has 0 unspecified atom stereocenters. The minimum atomic E-state index is -0.872. The fourth-order valence-corrected chi connectivity index (χ4v) is 6.11. The molecule has 0 spiro atoms. The molecule has 5 rings (SSSR count). The second-order valence-corrected chi connectivity index (χ2v) is 11.7. The van der Waals surface area contributed by atoms with Gasteiger partial charge in [0.25, 0.3) is 0 Å². The van der Waals surface area contributed by atoms with Gasteiger partial charge in [0.2, 0.25) is 0 Å². The molecule has 0 atom stereocenters. The summed E-state index contributed by atoms with van der Waals surface area (Å²) in [5.41, 5.74) is 10.5. The van der Waals surface area contributed by atoms with Gasteiger partial charge in [0.05, 0.1) is 11.1 Å². The van der Waals surface area contributed by atoms with E-state index in [9.17, 15) is 9.90 Å². The van der Waals surface area contributed by atoms with Gasteiger partial charge in [-0.3, -0.25) is 9.78 Å². The Morgan fingerprint density at radius 3 is 2.53 bits per heavy atom. The third-order valence-corrected chi connectivity index (χ3v) is 8.70. The molecular formula is C33H37ClN2O2. The fraction of sp³-hybridized carbons (Fsp3) is 0.394. The van der Waals surface area contributed by atoms with Gasteiger partial charge < -0.3 is 10.0 Å². The van der Waals surface area contributed by atoms with Gasteiger partial charge in [0.15, 0.2) is 0 Å². The topological polar surface area (TPSA) is 53.4 Å². The van der Waals surface area contributed by atoms with E-state index in [1.165, 1.54) is 39.0 Å². The zero-order valence-corrected chi connectivity index (χ0v) is 23.4. The van der Waals surface area contributed by atoms with Crippen LogP contribution >= 0.6 is 11.6 Å². The lowest BCUT2D eigenvalue weighted by Gasteiger charge is -2.30. The first-order chi connectivity index (χ1) is 18.2. The van der Waals surface area contributed by atoms with Crippen molar-refractivity contribution in [3.8, 4) is 0 Å². The summed E-state index contributed by atoms with van der Waals surface area (Å²) in [5.74, 6) is -0.792. The van der Waals surface area contributed by atoms with Crippen LogP contribution in [0.15, 0.2) is 60.3 Å². The van der Waals surface area contributed by atoms with Crippen molar-refractivity contribution >= 4 is 23.1 Å². The van der Waals surface area contributed by atoms with Crippen LogP contribution in [0.5, 0.6) is 0 Å². The Labute approximate surface area is 231 Å². The molecule has 3 aromatic rings. The van der Waals surface area contributed by atoms with Crippen LogP contribution < -0.4 is 0 Å². The van der Waals surface area contributed by atoms with Gasteiger partial charge in [0.1, 0.15) is 0 Å². The van der Waals surface area contributed by atoms with Crippen molar-refractivity contribution in [3.63, 3.8) is 0 Å². The standard InChI is InChI=1S/C33H37ClN2O2/c1-22-20-27(33(2,3)32(37)38)11-10-23(22)7-5-17-36-18-14-24(15-19-36)30-29-13-12-28(34)21-26(29)9-8-25-6-4-16-35-31(25)30/h4,6,10-13,16,20-21H,5,7-9,14-15,17-19H2,1-3H3,(H,37,38). The Hall–Kier alpha value is -2.95. The number of halogens is 1. The minimum absolute atomic E-state index is 0.792. The number of hydrogen-bond acceptors (Lipinski definition) is 3. The number of likely N-dealkylation sites (tertiary alicyclic amines) is 1. The highest BCUT2D eigenvalue weighted by atomic mass is 35.5. The molecule has 0 bridgehead atoms. The predicted molar refractivity (Wildman–Crippen MR) is 155 cm³/mol. The molecule has 0 radical (unpaired) electrons. The monoisotopic (exact) mass is 528 g/mol. The summed E-state index contributed by atoms with van der Waals surface area (Å²) < 4.78 is 0. The lowest BCUT2D eigenvalue weighted by atomic mass is 9.83. The lowest BCUT2D eigenvalue weighted by molar-refractivity contribution is -0.142. The summed E-state index contributed by atoms with van der Waals surface area (Å²) in [5, 5.41) is 10.3. The number of pyridine rings is 1. The number of fused-ring (bicyclic) bond motifs is 2. The van der Waals surface area contributed by atoms with Gasteiger partial charge >= 0.3 is 5.97 Å². The molecular weight excluding hydrogens is 492 g/mol. The Morgan fingerprint density at radius 2 is 1.79 bits per heavy atom. The number of carbonyl (C=O) groups is 1. The van der Waals surface area contributed by atoms with E-state index in [1.54, 1.807) is 13.8 Å². The van der Waals surface area contributed by atoms with Gasteiger partial charge in [0, 0.05) is 29.9 Å². The molecule has 4 nitrogen and oxygen atoms in total. The number of nitrogens with zero attached hydrogens (tertiary/aromatic N) is 2. The number of aromatic nitrogens is 1. The summed E-state index contributed by atoms with van der Waals surface area (Å²) in [7, 11) is 0. The second kappa shape index (κ2) is 11.0. The first-order valence-electron chi connectivity index (χ1n) is 13.7. The molecule has 1 aliphatic heterocycles. The van der Waals surface area contributed by atoms with E-state index in [0.717, 1.165) is 74.4 Å². The van der Waals surface area contributed by atoms with E-state index in [4.69, 9.17) is 16.6 Å². The normalized spacial score (nSPS) is 16.1. The maximum Gasteiger partial charge on any atom is 0.313 e. The molecule has 1 aliphatic carbocycles. The average molecular weight is 529 g/mol. The smallest absolute Gasteiger partial charge is 0.313 e. The van der Waals surface area contributed by atoms with Gasteiger partial charge in [-0.25, -0.2) is 0 Å². The van der Waals surface area contributed by atoms with E-state index >= 15 is 0 Å². The molecule has 198 valence electrons. The Bertz CT molecular complexity index is 1380. The van der Waals surface area contributed by atoms with Gasteiger partial charge in [-0.1, -0.05) is 47.5 Å². The second-order valence-electron chi connectivity index (χ2n) is 11.3. The highest BCUT2D eigenvalue weighted by Gasteiger charge is 2.29. The summed E-state index contributed by atoms with van der Waals surface area (Å²) >= 11 is 6.37. The van der Waals surface area contributed by atoms with Crippen LogP contribution in [0, 0.1) is 6.92 Å². The SMILES string of the molecule is Cc1cc(C(C)(C)C(=O)O)ccc1CCCN1CCC(=C2c3ccc(Cl)cc3CCc3cccnc32)CC1. The van der Waals surface area contributed by atoms with Crippen molar-refractivity contribution in [3.05, 3.63) is 104 Å². The van der Waals surface area contributed by atoms with Crippen molar-refractivity contribution in [2.75, 3.05) is 19.6 Å². The van der Waals surface area contributed by atoms with E-state index in [2.05, 4.69) is 42.2 Å². The lowest BCUT2D eigenvalue weighted by Crippen LogP contribution is -2.32. The quantitative estimate of drug-likeness (QED) is 0.373.